The molecule has 3 aliphatic rings. The topological polar surface area (TPSA) is 96.9 Å². The molecule has 186 valence electrons. The van der Waals surface area contributed by atoms with E-state index in [-0.39, 0.29) is 30.4 Å². The van der Waals surface area contributed by atoms with E-state index in [2.05, 4.69) is 15.3 Å². The van der Waals surface area contributed by atoms with Crippen molar-refractivity contribution in [2.45, 2.75) is 44.3 Å². The Morgan fingerprint density at radius 3 is 2.63 bits per heavy atom. The number of rotatable bonds is 6. The first kappa shape index (κ1) is 24.0. The molecule has 3 aliphatic heterocycles. The fraction of sp³-hybridized carbons (Fsp3) is 0.520. The van der Waals surface area contributed by atoms with Crippen LogP contribution in [0.4, 0.5) is 5.95 Å². The number of likely N-dealkylation sites (N-methyl/N-ethyl adjacent to an activating group) is 1. The summed E-state index contributed by atoms with van der Waals surface area (Å²) in [4.78, 5) is 38.4. The number of nitrogens with one attached hydrogen (secondary N) is 1. The van der Waals surface area contributed by atoms with E-state index in [4.69, 9.17) is 21.1 Å². The standard InChI is InChI=1S/C25H30ClN5O4/c1-30(19-6-10-35-11-7-19)22(32)15-31-14-17-3-2-16(12-20(17)24(31)33)23-21(26)13-27-25(29-23)28-18-4-8-34-9-5-18/h2-3,12-13,18-19H,4-11,14-15H2,1H3,(H,27,28,29). The molecule has 1 aromatic heterocycles. The lowest BCUT2D eigenvalue weighted by molar-refractivity contribution is -0.134. The van der Waals surface area contributed by atoms with Gasteiger partial charge in [-0.25, -0.2) is 9.97 Å². The quantitative estimate of drug-likeness (QED) is 0.652. The number of fused-ring (bicyclic) bond motifs is 1. The minimum Gasteiger partial charge on any atom is -0.381 e. The maximum Gasteiger partial charge on any atom is 0.254 e. The first-order valence-electron chi connectivity index (χ1n) is 12.1. The normalized spacial score (nSPS) is 19.0. The number of hydrogen-bond acceptors (Lipinski definition) is 7. The summed E-state index contributed by atoms with van der Waals surface area (Å²) in [7, 11) is 1.81. The second-order valence-corrected chi connectivity index (χ2v) is 9.71. The second kappa shape index (κ2) is 10.5. The first-order chi connectivity index (χ1) is 17.0. The number of benzene rings is 1. The van der Waals surface area contributed by atoms with Crippen molar-refractivity contribution in [1.82, 2.24) is 19.8 Å². The Balaban J connectivity index is 1.29. The van der Waals surface area contributed by atoms with Gasteiger partial charge in [-0.3, -0.25) is 9.59 Å². The highest BCUT2D eigenvalue weighted by Gasteiger charge is 2.32. The van der Waals surface area contributed by atoms with Crippen molar-refractivity contribution >= 4 is 29.4 Å². The summed E-state index contributed by atoms with van der Waals surface area (Å²) in [5.41, 5.74) is 2.79. The predicted molar refractivity (Wildman–Crippen MR) is 131 cm³/mol. The van der Waals surface area contributed by atoms with Crippen molar-refractivity contribution in [2.24, 2.45) is 0 Å². The number of halogens is 1. The van der Waals surface area contributed by atoms with Gasteiger partial charge in [0.15, 0.2) is 0 Å². The van der Waals surface area contributed by atoms with Crippen LogP contribution >= 0.6 is 11.6 Å². The molecule has 2 amide bonds. The van der Waals surface area contributed by atoms with Crippen molar-refractivity contribution in [1.29, 1.82) is 0 Å². The van der Waals surface area contributed by atoms with Crippen molar-refractivity contribution < 1.29 is 19.1 Å². The number of nitrogens with zero attached hydrogens (tertiary/aromatic N) is 4. The molecule has 4 heterocycles. The zero-order valence-corrected chi connectivity index (χ0v) is 20.6. The van der Waals surface area contributed by atoms with Crippen LogP contribution < -0.4 is 5.32 Å². The molecule has 2 fully saturated rings. The van der Waals surface area contributed by atoms with Crippen LogP contribution in [0.3, 0.4) is 0 Å². The predicted octanol–water partition coefficient (Wildman–Crippen LogP) is 2.98. The first-order valence-corrected chi connectivity index (χ1v) is 12.5. The minimum atomic E-state index is -0.152. The molecule has 2 saturated heterocycles. The number of hydrogen-bond donors (Lipinski definition) is 1. The number of carbonyl (C=O) groups excluding carboxylic acids is 2. The van der Waals surface area contributed by atoms with Crippen molar-refractivity contribution in [3.8, 4) is 11.3 Å². The average molecular weight is 500 g/mol. The lowest BCUT2D eigenvalue weighted by Crippen LogP contribution is -2.45. The molecule has 35 heavy (non-hydrogen) atoms. The van der Waals surface area contributed by atoms with E-state index < -0.39 is 0 Å². The number of anilines is 1. The Hall–Kier alpha value is -2.75. The van der Waals surface area contributed by atoms with Gasteiger partial charge in [-0.2, -0.15) is 0 Å². The highest BCUT2D eigenvalue weighted by Crippen LogP contribution is 2.32. The van der Waals surface area contributed by atoms with Crippen LogP contribution in [-0.2, 0) is 20.8 Å². The van der Waals surface area contributed by atoms with E-state index in [1.54, 1.807) is 16.0 Å². The number of amides is 2. The summed E-state index contributed by atoms with van der Waals surface area (Å²) in [6, 6.07) is 6.06. The molecule has 0 atom stereocenters. The molecule has 1 aromatic carbocycles. The highest BCUT2D eigenvalue weighted by molar-refractivity contribution is 6.33. The highest BCUT2D eigenvalue weighted by atomic mass is 35.5. The van der Waals surface area contributed by atoms with E-state index in [9.17, 15) is 9.59 Å². The van der Waals surface area contributed by atoms with Crippen LogP contribution in [0.15, 0.2) is 24.4 Å². The van der Waals surface area contributed by atoms with Gasteiger partial charge in [0.2, 0.25) is 11.9 Å². The van der Waals surface area contributed by atoms with Gasteiger partial charge in [0.05, 0.1) is 16.9 Å². The van der Waals surface area contributed by atoms with Crippen LogP contribution in [0.1, 0.15) is 41.6 Å². The molecule has 0 spiro atoms. The Bertz CT molecular complexity index is 1100. The molecule has 9 nitrogen and oxygen atoms in total. The number of aromatic nitrogens is 2. The molecule has 2 aromatic rings. The zero-order chi connectivity index (χ0) is 24.4. The molecule has 1 N–H and O–H groups in total. The maximum absolute atomic E-state index is 13.2. The molecule has 10 heteroatoms. The van der Waals surface area contributed by atoms with E-state index in [1.807, 2.05) is 25.2 Å². The van der Waals surface area contributed by atoms with E-state index in [0.29, 0.717) is 42.0 Å². The van der Waals surface area contributed by atoms with E-state index in [0.717, 1.165) is 50.0 Å². The summed E-state index contributed by atoms with van der Waals surface area (Å²) < 4.78 is 10.8. The third kappa shape index (κ3) is 5.27. The Morgan fingerprint density at radius 2 is 1.89 bits per heavy atom. The number of carbonyl (C=O) groups is 2. The van der Waals surface area contributed by atoms with Crippen LogP contribution in [0.5, 0.6) is 0 Å². The molecule has 0 aliphatic carbocycles. The van der Waals surface area contributed by atoms with Gasteiger partial charge in [-0.15, -0.1) is 0 Å². The third-order valence-electron chi connectivity index (χ3n) is 7.02. The van der Waals surface area contributed by atoms with Gasteiger partial charge in [0.1, 0.15) is 6.54 Å². The maximum atomic E-state index is 13.2. The summed E-state index contributed by atoms with van der Waals surface area (Å²) in [5, 5.41) is 3.77. The molecule has 0 unspecified atom stereocenters. The smallest absolute Gasteiger partial charge is 0.254 e. The van der Waals surface area contributed by atoms with Crippen LogP contribution in [0, 0.1) is 0 Å². The largest absolute Gasteiger partial charge is 0.381 e. The van der Waals surface area contributed by atoms with Crippen molar-refractivity contribution in [3.63, 3.8) is 0 Å². The van der Waals surface area contributed by atoms with Gasteiger partial charge in [0, 0.05) is 63.2 Å². The van der Waals surface area contributed by atoms with Gasteiger partial charge in [-0.1, -0.05) is 23.7 Å². The Labute approximate surface area is 209 Å². The second-order valence-electron chi connectivity index (χ2n) is 9.30. The molecule has 0 bridgehead atoms. The summed E-state index contributed by atoms with van der Waals surface area (Å²) in [6.45, 7) is 3.23. The Morgan fingerprint density at radius 1 is 1.17 bits per heavy atom. The minimum absolute atomic E-state index is 0.0547. The molecular formula is C25H30ClN5O4. The Kier molecular flexibility index (Phi) is 7.17. The molecular weight excluding hydrogens is 470 g/mol. The fourth-order valence-corrected chi connectivity index (χ4v) is 5.05. The molecule has 0 saturated carbocycles. The lowest BCUT2D eigenvalue weighted by Gasteiger charge is -2.32. The van der Waals surface area contributed by atoms with Crippen LogP contribution in [0.25, 0.3) is 11.3 Å². The van der Waals surface area contributed by atoms with Crippen LogP contribution in [0.2, 0.25) is 5.02 Å². The summed E-state index contributed by atoms with van der Waals surface area (Å²) in [6.07, 6.45) is 5.02. The third-order valence-corrected chi connectivity index (χ3v) is 7.30. The van der Waals surface area contributed by atoms with E-state index >= 15 is 0 Å². The number of ether oxygens (including phenoxy) is 2. The molecule has 0 radical (unpaired) electrons. The lowest BCUT2D eigenvalue weighted by atomic mass is 10.0. The monoisotopic (exact) mass is 499 g/mol. The van der Waals surface area contributed by atoms with Crippen LogP contribution in [-0.4, -0.2) is 83.7 Å². The average Bonchev–Trinajstić information content (AvgIpc) is 3.20. The van der Waals surface area contributed by atoms with Crippen molar-refractivity contribution in [2.75, 3.05) is 45.3 Å². The van der Waals surface area contributed by atoms with Gasteiger partial charge < -0.3 is 24.6 Å². The van der Waals surface area contributed by atoms with Crippen molar-refractivity contribution in [3.05, 3.63) is 40.5 Å². The van der Waals surface area contributed by atoms with E-state index in [1.165, 1.54) is 0 Å². The van der Waals surface area contributed by atoms with Gasteiger partial charge in [-0.05, 0) is 37.3 Å². The SMILES string of the molecule is CN(C(=O)CN1Cc2ccc(-c3nc(NC4CCOCC4)ncc3Cl)cc2C1=O)C1CCOCC1. The summed E-state index contributed by atoms with van der Waals surface area (Å²) in [5.74, 6) is 0.300. The summed E-state index contributed by atoms with van der Waals surface area (Å²) >= 11 is 6.44. The fourth-order valence-electron chi connectivity index (χ4n) is 4.85. The zero-order valence-electron chi connectivity index (χ0n) is 19.8. The molecule has 5 rings (SSSR count). The van der Waals surface area contributed by atoms with Gasteiger partial charge >= 0.3 is 0 Å². The van der Waals surface area contributed by atoms with Gasteiger partial charge in [0.25, 0.3) is 5.91 Å².